The zero-order chi connectivity index (χ0) is 16.1. The first-order chi connectivity index (χ1) is 10.5. The zero-order valence-electron chi connectivity index (χ0n) is 13.1. The van der Waals surface area contributed by atoms with Crippen LogP contribution in [0.1, 0.15) is 18.9 Å². The predicted molar refractivity (Wildman–Crippen MR) is 84.8 cm³/mol. The number of anilines is 1. The molecule has 1 saturated heterocycles. The van der Waals surface area contributed by atoms with Gasteiger partial charge in [0.05, 0.1) is 12.6 Å². The van der Waals surface area contributed by atoms with Crippen LogP contribution >= 0.6 is 0 Å². The maximum atomic E-state index is 12.1. The van der Waals surface area contributed by atoms with Crippen LogP contribution in [-0.2, 0) is 4.79 Å². The maximum absolute atomic E-state index is 12.1. The van der Waals surface area contributed by atoms with E-state index in [9.17, 15) is 9.59 Å². The van der Waals surface area contributed by atoms with Crippen LogP contribution in [0.4, 0.5) is 10.5 Å². The van der Waals surface area contributed by atoms with Crippen molar-refractivity contribution in [2.24, 2.45) is 0 Å². The summed E-state index contributed by atoms with van der Waals surface area (Å²) in [6.45, 7) is 5.08. The summed E-state index contributed by atoms with van der Waals surface area (Å²) < 4.78 is 0. The average Bonchev–Trinajstić information content (AvgIpc) is 2.86. The quantitative estimate of drug-likeness (QED) is 0.856. The number of carbonyl (C=O) groups is 2. The van der Waals surface area contributed by atoms with Crippen molar-refractivity contribution in [3.05, 3.63) is 29.8 Å². The standard InChI is InChI=1S/C16H23N3O3/c1-3-18(8-9-20)16(22)17-13-10-15(21)19(11-13)14-6-4-12(2)5-7-14/h4-7,13,20H,3,8-11H2,1-2H3,(H,17,22)/t13-/m1/s1. The number of aliphatic hydroxyl groups is 1. The van der Waals surface area contributed by atoms with Crippen LogP contribution in [0.25, 0.3) is 0 Å². The lowest BCUT2D eigenvalue weighted by Crippen LogP contribution is -2.46. The summed E-state index contributed by atoms with van der Waals surface area (Å²) >= 11 is 0. The van der Waals surface area contributed by atoms with Crippen LogP contribution < -0.4 is 10.2 Å². The molecular weight excluding hydrogens is 282 g/mol. The SMILES string of the molecule is CCN(CCO)C(=O)N[C@@H]1CC(=O)N(c2ccc(C)cc2)C1. The number of nitrogens with zero attached hydrogens (tertiary/aromatic N) is 2. The van der Waals surface area contributed by atoms with Gasteiger partial charge in [0.25, 0.3) is 0 Å². The zero-order valence-corrected chi connectivity index (χ0v) is 13.1. The number of rotatable bonds is 5. The Morgan fingerprint density at radius 1 is 1.41 bits per heavy atom. The van der Waals surface area contributed by atoms with E-state index in [0.717, 1.165) is 11.3 Å². The van der Waals surface area contributed by atoms with Gasteiger partial charge in [-0.15, -0.1) is 0 Å². The molecule has 1 atom stereocenters. The predicted octanol–water partition coefficient (Wildman–Crippen LogP) is 1.12. The second-order valence-corrected chi connectivity index (χ2v) is 5.49. The molecule has 1 aromatic rings. The molecule has 0 radical (unpaired) electrons. The Labute approximate surface area is 130 Å². The molecule has 0 aliphatic carbocycles. The topological polar surface area (TPSA) is 72.9 Å². The molecule has 2 rings (SSSR count). The number of aryl methyl sites for hydroxylation is 1. The smallest absolute Gasteiger partial charge is 0.317 e. The molecule has 0 spiro atoms. The normalized spacial score (nSPS) is 17.7. The largest absolute Gasteiger partial charge is 0.395 e. The van der Waals surface area contributed by atoms with Gasteiger partial charge in [0.15, 0.2) is 0 Å². The molecule has 6 nitrogen and oxygen atoms in total. The molecule has 1 aliphatic heterocycles. The second-order valence-electron chi connectivity index (χ2n) is 5.49. The number of likely N-dealkylation sites (N-methyl/N-ethyl adjacent to an activating group) is 1. The van der Waals surface area contributed by atoms with E-state index in [1.54, 1.807) is 4.90 Å². The molecular formula is C16H23N3O3. The van der Waals surface area contributed by atoms with Gasteiger partial charge in [0, 0.05) is 31.7 Å². The van der Waals surface area contributed by atoms with Crippen LogP contribution in [0.15, 0.2) is 24.3 Å². The summed E-state index contributed by atoms with van der Waals surface area (Å²) in [5.41, 5.74) is 2.00. The van der Waals surface area contributed by atoms with Crippen molar-refractivity contribution >= 4 is 17.6 Å². The summed E-state index contributed by atoms with van der Waals surface area (Å²) in [5.74, 6) is 0.0133. The number of amides is 3. The van der Waals surface area contributed by atoms with Crippen molar-refractivity contribution in [3.63, 3.8) is 0 Å². The molecule has 1 aliphatic rings. The van der Waals surface area contributed by atoms with Gasteiger partial charge >= 0.3 is 6.03 Å². The Bertz CT molecular complexity index is 530. The second kappa shape index (κ2) is 7.26. The minimum atomic E-state index is -0.236. The van der Waals surface area contributed by atoms with Crippen molar-refractivity contribution in [2.75, 3.05) is 31.1 Å². The van der Waals surface area contributed by atoms with Crippen molar-refractivity contribution in [1.82, 2.24) is 10.2 Å². The molecule has 1 heterocycles. The van der Waals surface area contributed by atoms with Gasteiger partial charge < -0.3 is 20.2 Å². The van der Waals surface area contributed by atoms with Gasteiger partial charge in [-0.05, 0) is 26.0 Å². The molecule has 22 heavy (non-hydrogen) atoms. The van der Waals surface area contributed by atoms with Crippen LogP contribution in [-0.4, -0.2) is 54.2 Å². The Kier molecular flexibility index (Phi) is 5.38. The summed E-state index contributed by atoms with van der Waals surface area (Å²) in [7, 11) is 0. The fourth-order valence-corrected chi connectivity index (χ4v) is 2.57. The number of hydrogen-bond acceptors (Lipinski definition) is 3. The fourth-order valence-electron chi connectivity index (χ4n) is 2.57. The van der Waals surface area contributed by atoms with Crippen LogP contribution in [0.3, 0.4) is 0 Å². The van der Waals surface area contributed by atoms with Gasteiger partial charge in [0.1, 0.15) is 0 Å². The monoisotopic (exact) mass is 305 g/mol. The van der Waals surface area contributed by atoms with E-state index in [2.05, 4.69) is 5.32 Å². The third-order valence-corrected chi connectivity index (χ3v) is 3.84. The van der Waals surface area contributed by atoms with Gasteiger partial charge in [0.2, 0.25) is 5.91 Å². The first-order valence-electron chi connectivity index (χ1n) is 7.58. The summed E-state index contributed by atoms with van der Waals surface area (Å²) in [4.78, 5) is 27.5. The average molecular weight is 305 g/mol. The fraction of sp³-hybridized carbons (Fsp3) is 0.500. The number of aliphatic hydroxyl groups excluding tert-OH is 1. The summed E-state index contributed by atoms with van der Waals surface area (Å²) in [6, 6.07) is 7.33. The van der Waals surface area contributed by atoms with Crippen LogP contribution in [0, 0.1) is 6.92 Å². The minimum absolute atomic E-state index is 0.0133. The molecule has 3 amide bonds. The van der Waals surface area contributed by atoms with Crippen molar-refractivity contribution < 1.29 is 14.7 Å². The Morgan fingerprint density at radius 3 is 2.68 bits per heavy atom. The summed E-state index contributed by atoms with van der Waals surface area (Å²) in [6.07, 6.45) is 0.302. The third kappa shape index (κ3) is 3.76. The third-order valence-electron chi connectivity index (χ3n) is 3.84. The van der Waals surface area contributed by atoms with Gasteiger partial charge in [-0.3, -0.25) is 4.79 Å². The molecule has 6 heteroatoms. The van der Waals surface area contributed by atoms with E-state index < -0.39 is 0 Å². The van der Waals surface area contributed by atoms with Crippen molar-refractivity contribution in [3.8, 4) is 0 Å². The van der Waals surface area contributed by atoms with Crippen LogP contribution in [0.2, 0.25) is 0 Å². The number of carbonyl (C=O) groups excluding carboxylic acids is 2. The first-order valence-corrected chi connectivity index (χ1v) is 7.58. The highest BCUT2D eigenvalue weighted by Crippen LogP contribution is 2.22. The van der Waals surface area contributed by atoms with E-state index in [0.29, 0.717) is 26.1 Å². The number of benzene rings is 1. The van der Waals surface area contributed by atoms with Gasteiger partial charge in [-0.2, -0.15) is 0 Å². The Morgan fingerprint density at radius 2 is 2.09 bits per heavy atom. The number of urea groups is 1. The van der Waals surface area contributed by atoms with E-state index in [1.807, 2.05) is 38.1 Å². The highest BCUT2D eigenvalue weighted by Gasteiger charge is 2.32. The van der Waals surface area contributed by atoms with Crippen LogP contribution in [0.5, 0.6) is 0 Å². The summed E-state index contributed by atoms with van der Waals surface area (Å²) in [5, 5.41) is 11.8. The van der Waals surface area contributed by atoms with Crippen molar-refractivity contribution in [1.29, 1.82) is 0 Å². The van der Waals surface area contributed by atoms with Gasteiger partial charge in [-0.25, -0.2) is 4.79 Å². The molecule has 1 fully saturated rings. The highest BCUT2D eigenvalue weighted by molar-refractivity contribution is 5.96. The Balaban J connectivity index is 1.97. The Hall–Kier alpha value is -2.08. The first kappa shape index (κ1) is 16.3. The highest BCUT2D eigenvalue weighted by atomic mass is 16.3. The lowest BCUT2D eigenvalue weighted by atomic mass is 10.2. The number of hydrogen-bond donors (Lipinski definition) is 2. The van der Waals surface area contributed by atoms with Crippen molar-refractivity contribution in [2.45, 2.75) is 26.3 Å². The minimum Gasteiger partial charge on any atom is -0.395 e. The van der Waals surface area contributed by atoms with Gasteiger partial charge in [-0.1, -0.05) is 17.7 Å². The molecule has 0 saturated carbocycles. The molecule has 120 valence electrons. The number of nitrogens with one attached hydrogen (secondary N) is 1. The molecule has 0 bridgehead atoms. The van der Waals surface area contributed by atoms with E-state index in [1.165, 1.54) is 4.90 Å². The van der Waals surface area contributed by atoms with E-state index in [4.69, 9.17) is 5.11 Å². The van der Waals surface area contributed by atoms with E-state index >= 15 is 0 Å². The molecule has 2 N–H and O–H groups in total. The lowest BCUT2D eigenvalue weighted by molar-refractivity contribution is -0.117. The maximum Gasteiger partial charge on any atom is 0.317 e. The van der Waals surface area contributed by atoms with E-state index in [-0.39, 0.29) is 24.6 Å². The molecule has 0 unspecified atom stereocenters. The lowest BCUT2D eigenvalue weighted by Gasteiger charge is -2.23. The molecule has 0 aromatic heterocycles. The molecule has 1 aromatic carbocycles.